The van der Waals surface area contributed by atoms with E-state index < -0.39 is 0 Å². The molecule has 0 aliphatic carbocycles. The van der Waals surface area contributed by atoms with Crippen molar-refractivity contribution in [3.8, 4) is 66.8 Å². The molecule has 0 bridgehead atoms. The van der Waals surface area contributed by atoms with E-state index in [0.717, 1.165) is 17.1 Å². The monoisotopic (exact) mass is 1180 g/mol. The van der Waals surface area contributed by atoms with Gasteiger partial charge in [-0.3, -0.25) is 0 Å². The number of fused-ring (bicyclic) bond motifs is 11. The highest BCUT2D eigenvalue weighted by Gasteiger charge is 2.24. The van der Waals surface area contributed by atoms with E-state index in [-0.39, 0.29) is 0 Å². The number of hydrogen-bond acceptors (Lipinski definition) is 1. The van der Waals surface area contributed by atoms with Gasteiger partial charge in [0.05, 0.1) is 0 Å². The highest BCUT2D eigenvalue weighted by molar-refractivity contribution is 6.33. The van der Waals surface area contributed by atoms with Gasteiger partial charge in [-0.1, -0.05) is 309 Å². The van der Waals surface area contributed by atoms with E-state index >= 15 is 0 Å². The number of para-hydroxylation sites is 1. The Morgan fingerprint density at radius 2 is 0.505 bits per heavy atom. The van der Waals surface area contributed by atoms with Crippen molar-refractivity contribution in [1.29, 1.82) is 0 Å². The second kappa shape index (κ2) is 23.7. The van der Waals surface area contributed by atoms with E-state index in [0.29, 0.717) is 0 Å². The average Bonchev–Trinajstić information content (AvgIpc) is 0.720. The van der Waals surface area contributed by atoms with E-state index in [1.165, 1.54) is 153 Å². The summed E-state index contributed by atoms with van der Waals surface area (Å²) in [6, 6.07) is 135. The Morgan fingerprint density at radius 3 is 1.01 bits per heavy atom. The number of hydrogen-bond donors (Lipinski definition) is 0. The molecular formula is C92H61N. The average molecular weight is 1180 g/mol. The number of rotatable bonds is 9. The molecule has 0 atom stereocenters. The summed E-state index contributed by atoms with van der Waals surface area (Å²) in [5, 5.41) is 20.2. The van der Waals surface area contributed by atoms with Crippen molar-refractivity contribution < 1.29 is 0 Å². The van der Waals surface area contributed by atoms with Crippen LogP contribution in [0.2, 0.25) is 0 Å². The molecule has 18 aromatic carbocycles. The van der Waals surface area contributed by atoms with Crippen molar-refractivity contribution in [1.82, 2.24) is 0 Å². The molecule has 0 unspecified atom stereocenters. The predicted octanol–water partition coefficient (Wildman–Crippen LogP) is 26.1. The summed E-state index contributed by atoms with van der Waals surface area (Å²) in [7, 11) is 0. The van der Waals surface area contributed by atoms with Gasteiger partial charge in [-0.2, -0.15) is 0 Å². The van der Waals surface area contributed by atoms with Crippen LogP contribution in [0.25, 0.3) is 153 Å². The Bertz CT molecular complexity index is 5640. The maximum atomic E-state index is 2.43. The topological polar surface area (TPSA) is 3.24 Å². The van der Waals surface area contributed by atoms with Crippen molar-refractivity contribution in [2.75, 3.05) is 4.90 Å². The third-order valence-electron chi connectivity index (χ3n) is 18.8. The third kappa shape index (κ3) is 10.0. The van der Waals surface area contributed by atoms with Gasteiger partial charge in [0.1, 0.15) is 0 Å². The predicted molar refractivity (Wildman–Crippen MR) is 400 cm³/mol. The first-order valence-electron chi connectivity index (χ1n) is 32.1. The van der Waals surface area contributed by atoms with Gasteiger partial charge in [0.25, 0.3) is 0 Å². The van der Waals surface area contributed by atoms with Crippen LogP contribution in [0.3, 0.4) is 0 Å². The van der Waals surface area contributed by atoms with E-state index in [2.05, 4.69) is 375 Å². The molecule has 0 fully saturated rings. The highest BCUT2D eigenvalue weighted by atomic mass is 15.1. The van der Waals surface area contributed by atoms with Gasteiger partial charge in [0.15, 0.2) is 0 Å². The molecule has 0 spiro atoms. The molecule has 0 radical (unpaired) electrons. The molecule has 0 aliphatic rings. The lowest BCUT2D eigenvalue weighted by molar-refractivity contribution is 1.29. The SMILES string of the molecule is c1ccc(-c2cc(-c3ccccc3)c3c4ccccc4c4cc(N(c5ccccc5)c5ccc(-c6ccc7ccccc7c6)cc5)ccc4c3c2-c2ccccc2)cc1.c1ccc2cc(-c3c4ccccc4c(-c4ccc5ccccc5c4)c4ccccc34)ccc2c1. The minimum atomic E-state index is 1.10. The zero-order valence-electron chi connectivity index (χ0n) is 51.2. The van der Waals surface area contributed by atoms with Crippen molar-refractivity contribution in [3.05, 3.63) is 370 Å². The van der Waals surface area contributed by atoms with Gasteiger partial charge in [0.2, 0.25) is 0 Å². The van der Waals surface area contributed by atoms with Crippen LogP contribution in [0, 0.1) is 0 Å². The van der Waals surface area contributed by atoms with E-state index in [1.807, 2.05) is 0 Å². The van der Waals surface area contributed by atoms with Gasteiger partial charge >= 0.3 is 0 Å². The normalized spacial score (nSPS) is 11.4. The summed E-state index contributed by atoms with van der Waals surface area (Å²) in [6.45, 7) is 0. The molecular weight excluding hydrogens is 1120 g/mol. The second-order valence-electron chi connectivity index (χ2n) is 24.2. The van der Waals surface area contributed by atoms with Crippen molar-refractivity contribution >= 4 is 103 Å². The fourth-order valence-corrected chi connectivity index (χ4v) is 14.5. The van der Waals surface area contributed by atoms with Gasteiger partial charge in [-0.25, -0.2) is 0 Å². The van der Waals surface area contributed by atoms with Crippen molar-refractivity contribution in [2.24, 2.45) is 0 Å². The lowest BCUT2D eigenvalue weighted by atomic mass is 9.81. The molecule has 0 aromatic heterocycles. The third-order valence-corrected chi connectivity index (χ3v) is 18.8. The largest absolute Gasteiger partial charge is 0.310 e. The van der Waals surface area contributed by atoms with Crippen LogP contribution < -0.4 is 4.90 Å². The fraction of sp³-hybridized carbons (Fsp3) is 0. The lowest BCUT2D eigenvalue weighted by Gasteiger charge is -2.27. The Hall–Kier alpha value is -12.2. The zero-order valence-corrected chi connectivity index (χ0v) is 51.2. The summed E-state index contributed by atoms with van der Waals surface area (Å²) in [4.78, 5) is 2.39. The summed E-state index contributed by atoms with van der Waals surface area (Å²) in [6.07, 6.45) is 0. The van der Waals surface area contributed by atoms with Crippen LogP contribution in [0.5, 0.6) is 0 Å². The number of nitrogens with zero attached hydrogens (tertiary/aromatic N) is 1. The van der Waals surface area contributed by atoms with Gasteiger partial charge in [-0.15, -0.1) is 0 Å². The quantitative estimate of drug-likeness (QED) is 0.103. The molecule has 18 aromatic rings. The van der Waals surface area contributed by atoms with Crippen LogP contribution in [0.1, 0.15) is 0 Å². The van der Waals surface area contributed by atoms with E-state index in [4.69, 9.17) is 0 Å². The van der Waals surface area contributed by atoms with Gasteiger partial charge in [-0.05, 0) is 214 Å². The van der Waals surface area contributed by atoms with Crippen LogP contribution >= 0.6 is 0 Å². The van der Waals surface area contributed by atoms with Crippen LogP contribution in [-0.2, 0) is 0 Å². The minimum Gasteiger partial charge on any atom is -0.310 e. The second-order valence-corrected chi connectivity index (χ2v) is 24.2. The molecule has 1 heteroatoms. The molecule has 0 aliphatic heterocycles. The Labute approximate surface area is 541 Å². The number of anilines is 3. The molecule has 93 heavy (non-hydrogen) atoms. The summed E-state index contributed by atoms with van der Waals surface area (Å²) in [5.41, 5.74) is 18.2. The first-order valence-corrected chi connectivity index (χ1v) is 32.1. The first kappa shape index (κ1) is 54.9. The molecule has 0 saturated carbocycles. The summed E-state index contributed by atoms with van der Waals surface area (Å²) in [5.74, 6) is 0. The van der Waals surface area contributed by atoms with Crippen LogP contribution in [0.15, 0.2) is 370 Å². The number of benzene rings is 18. The van der Waals surface area contributed by atoms with Gasteiger partial charge < -0.3 is 4.90 Å². The molecule has 0 amide bonds. The van der Waals surface area contributed by atoms with E-state index in [1.54, 1.807) is 0 Å². The van der Waals surface area contributed by atoms with Crippen molar-refractivity contribution in [3.63, 3.8) is 0 Å². The molecule has 0 saturated heterocycles. The Kier molecular flexibility index (Phi) is 14.0. The minimum absolute atomic E-state index is 1.10. The molecule has 0 heterocycles. The smallest absolute Gasteiger partial charge is 0.0468 e. The molecule has 434 valence electrons. The van der Waals surface area contributed by atoms with Gasteiger partial charge in [0, 0.05) is 17.1 Å². The Morgan fingerprint density at radius 1 is 0.151 bits per heavy atom. The molecule has 18 rings (SSSR count). The maximum Gasteiger partial charge on any atom is 0.0468 e. The Balaban J connectivity index is 0.000000164. The van der Waals surface area contributed by atoms with E-state index in [9.17, 15) is 0 Å². The summed E-state index contributed by atoms with van der Waals surface area (Å²) < 4.78 is 0. The van der Waals surface area contributed by atoms with Crippen molar-refractivity contribution in [2.45, 2.75) is 0 Å². The van der Waals surface area contributed by atoms with Crippen LogP contribution in [0.4, 0.5) is 17.1 Å². The standard InChI is InChI=1S/C58H39N.C34H22/c1-5-18-42(19-6-1)53-39-54(43-20-7-2-8-21-43)57-51-28-16-15-27-50(51)55-38-49(35-36-52(55)58(57)56(53)44-22-9-3-10-23-44)59(47-25-11-4-12-26-47)48-33-31-41(32-34-48)46-30-29-40-17-13-14-24-45(40)37-46;1-3-11-25-21-27(19-17-23(25)9-1)33-29-13-5-7-15-31(29)34(32-16-8-6-14-30(32)33)28-20-18-24-10-2-4-12-26(24)22-28/h1-39H;1-22H. The molecule has 0 N–H and O–H groups in total. The lowest BCUT2D eigenvalue weighted by Crippen LogP contribution is -2.09. The van der Waals surface area contributed by atoms with Crippen LogP contribution in [-0.4, -0.2) is 0 Å². The first-order chi connectivity index (χ1) is 46.1. The summed E-state index contributed by atoms with van der Waals surface area (Å²) >= 11 is 0. The molecule has 1 nitrogen and oxygen atoms in total. The zero-order chi connectivity index (χ0) is 61.6. The highest BCUT2D eigenvalue weighted by Crippen LogP contribution is 2.51. The fourth-order valence-electron chi connectivity index (χ4n) is 14.5. The maximum absolute atomic E-state index is 2.43.